The van der Waals surface area contributed by atoms with E-state index >= 15 is 0 Å². The Morgan fingerprint density at radius 2 is 1.57 bits per heavy atom. The molecule has 1 fully saturated rings. The SMILES string of the molecule is C=C1NC(=S)N[C@H](c2ccc(OCc3ccccc3)cc2)[C@H]1C(=O)c1ccccc1. The molecular weight excluding hydrogens is 392 g/mol. The third-order valence-electron chi connectivity index (χ3n) is 5.10. The number of carbonyl (C=O) groups excluding carboxylic acids is 1. The van der Waals surface area contributed by atoms with Crippen LogP contribution in [-0.4, -0.2) is 10.9 Å². The normalized spacial score (nSPS) is 18.3. The van der Waals surface area contributed by atoms with E-state index < -0.39 is 5.92 Å². The van der Waals surface area contributed by atoms with Gasteiger partial charge in [-0.05, 0) is 35.5 Å². The summed E-state index contributed by atoms with van der Waals surface area (Å²) in [4.78, 5) is 13.2. The van der Waals surface area contributed by atoms with E-state index in [4.69, 9.17) is 17.0 Å². The van der Waals surface area contributed by atoms with Crippen LogP contribution < -0.4 is 15.4 Å². The van der Waals surface area contributed by atoms with Crippen molar-refractivity contribution in [2.75, 3.05) is 0 Å². The predicted molar refractivity (Wildman–Crippen MR) is 122 cm³/mol. The molecule has 3 aromatic carbocycles. The third-order valence-corrected chi connectivity index (χ3v) is 5.32. The number of nitrogens with one attached hydrogen (secondary N) is 2. The zero-order valence-electron chi connectivity index (χ0n) is 16.4. The Bertz CT molecular complexity index is 1050. The van der Waals surface area contributed by atoms with Crippen molar-refractivity contribution in [1.29, 1.82) is 0 Å². The molecule has 4 rings (SSSR count). The van der Waals surface area contributed by atoms with Gasteiger partial charge in [0.2, 0.25) is 0 Å². The zero-order valence-corrected chi connectivity index (χ0v) is 17.2. The van der Waals surface area contributed by atoms with Crippen LogP contribution in [-0.2, 0) is 6.61 Å². The average molecular weight is 415 g/mol. The Hall–Kier alpha value is -3.44. The number of benzene rings is 3. The summed E-state index contributed by atoms with van der Waals surface area (Å²) in [7, 11) is 0. The van der Waals surface area contributed by atoms with Crippen molar-refractivity contribution in [2.24, 2.45) is 5.92 Å². The van der Waals surface area contributed by atoms with Gasteiger partial charge >= 0.3 is 0 Å². The van der Waals surface area contributed by atoms with Crippen LogP contribution in [0.3, 0.4) is 0 Å². The van der Waals surface area contributed by atoms with Crippen molar-refractivity contribution in [3.63, 3.8) is 0 Å². The second-order valence-corrected chi connectivity index (χ2v) is 7.56. The van der Waals surface area contributed by atoms with Crippen LogP contribution in [0.5, 0.6) is 5.75 Å². The van der Waals surface area contributed by atoms with Crippen molar-refractivity contribution in [3.8, 4) is 5.75 Å². The summed E-state index contributed by atoms with van der Waals surface area (Å²) in [5.74, 6) is 0.288. The standard InChI is InChI=1S/C25H22N2O2S/c1-17-22(24(28)20-10-6-3-7-11-20)23(27-25(30)26-17)19-12-14-21(15-13-19)29-16-18-8-4-2-5-9-18/h2-15,22-23H,1,16H2,(H2,26,27,30)/t22-,23+/m0/s1. The summed E-state index contributed by atoms with van der Waals surface area (Å²) in [5, 5.41) is 6.71. The maximum absolute atomic E-state index is 13.2. The highest BCUT2D eigenvalue weighted by molar-refractivity contribution is 7.80. The minimum Gasteiger partial charge on any atom is -0.489 e. The molecule has 1 saturated heterocycles. The topological polar surface area (TPSA) is 50.4 Å². The zero-order chi connectivity index (χ0) is 20.9. The Kier molecular flexibility index (Phi) is 5.91. The van der Waals surface area contributed by atoms with Crippen LogP contribution in [0.4, 0.5) is 0 Å². The van der Waals surface area contributed by atoms with Crippen LogP contribution in [0, 0.1) is 5.92 Å². The number of ketones is 1. The van der Waals surface area contributed by atoms with Crippen molar-refractivity contribution < 1.29 is 9.53 Å². The van der Waals surface area contributed by atoms with E-state index in [-0.39, 0.29) is 11.8 Å². The van der Waals surface area contributed by atoms with Gasteiger partial charge in [0.05, 0.1) is 12.0 Å². The van der Waals surface area contributed by atoms with Gasteiger partial charge in [-0.15, -0.1) is 0 Å². The highest BCUT2D eigenvalue weighted by atomic mass is 32.1. The van der Waals surface area contributed by atoms with Gasteiger partial charge in [0.1, 0.15) is 12.4 Å². The summed E-state index contributed by atoms with van der Waals surface area (Å²) in [6, 6.07) is 26.7. The number of rotatable bonds is 6. The molecule has 2 atom stereocenters. The number of hydrogen-bond acceptors (Lipinski definition) is 3. The molecule has 0 aromatic heterocycles. The molecule has 5 heteroatoms. The molecule has 0 amide bonds. The fourth-order valence-electron chi connectivity index (χ4n) is 3.57. The van der Waals surface area contributed by atoms with Crippen molar-refractivity contribution in [2.45, 2.75) is 12.6 Å². The summed E-state index contributed by atoms with van der Waals surface area (Å²) in [6.07, 6.45) is 0. The van der Waals surface area contributed by atoms with Crippen LogP contribution in [0.2, 0.25) is 0 Å². The van der Waals surface area contributed by atoms with Gasteiger partial charge in [-0.2, -0.15) is 0 Å². The fraction of sp³-hybridized carbons (Fsp3) is 0.120. The lowest BCUT2D eigenvalue weighted by Crippen LogP contribution is -2.50. The number of hydrogen-bond donors (Lipinski definition) is 2. The van der Waals surface area contributed by atoms with E-state index in [0.29, 0.717) is 23.0 Å². The first-order valence-corrected chi connectivity index (χ1v) is 10.1. The van der Waals surface area contributed by atoms with E-state index in [1.807, 2.05) is 84.9 Å². The van der Waals surface area contributed by atoms with Crippen LogP contribution >= 0.6 is 12.2 Å². The molecule has 4 nitrogen and oxygen atoms in total. The third kappa shape index (κ3) is 4.42. The largest absolute Gasteiger partial charge is 0.489 e. The number of thiocarbonyl (C=S) groups is 1. The molecule has 30 heavy (non-hydrogen) atoms. The maximum atomic E-state index is 13.2. The molecule has 0 bridgehead atoms. The molecular formula is C25H22N2O2S. The highest BCUT2D eigenvalue weighted by Crippen LogP contribution is 2.33. The molecule has 0 aliphatic carbocycles. The number of Topliss-reactive ketones (excluding diaryl/α,β-unsaturated/α-hetero) is 1. The first kappa shape index (κ1) is 19.9. The maximum Gasteiger partial charge on any atom is 0.174 e. The minimum atomic E-state index is -0.477. The molecule has 1 aliphatic heterocycles. The minimum absolute atomic E-state index is 0.00231. The Labute approximate surface area is 181 Å². The molecule has 0 unspecified atom stereocenters. The Morgan fingerprint density at radius 1 is 0.933 bits per heavy atom. The fourth-order valence-corrected chi connectivity index (χ4v) is 3.82. The molecule has 2 N–H and O–H groups in total. The Balaban J connectivity index is 1.54. The summed E-state index contributed by atoms with van der Waals surface area (Å²) < 4.78 is 5.88. The van der Waals surface area contributed by atoms with Crippen LogP contribution in [0.15, 0.2) is 97.2 Å². The lowest BCUT2D eigenvalue weighted by molar-refractivity contribution is 0.0912. The van der Waals surface area contributed by atoms with Crippen molar-refractivity contribution >= 4 is 23.1 Å². The van der Waals surface area contributed by atoms with Gasteiger partial charge in [-0.25, -0.2) is 0 Å². The van der Waals surface area contributed by atoms with E-state index in [0.717, 1.165) is 16.9 Å². The van der Waals surface area contributed by atoms with Crippen molar-refractivity contribution in [1.82, 2.24) is 10.6 Å². The van der Waals surface area contributed by atoms with Gasteiger partial charge in [0.25, 0.3) is 0 Å². The van der Waals surface area contributed by atoms with E-state index in [9.17, 15) is 4.79 Å². The van der Waals surface area contributed by atoms with Gasteiger partial charge in [0, 0.05) is 11.3 Å². The monoisotopic (exact) mass is 414 g/mol. The molecule has 1 heterocycles. The van der Waals surface area contributed by atoms with Crippen LogP contribution in [0.1, 0.15) is 27.5 Å². The average Bonchev–Trinajstić information content (AvgIpc) is 2.78. The lowest BCUT2D eigenvalue weighted by Gasteiger charge is -2.35. The summed E-state index contributed by atoms with van der Waals surface area (Å²) in [5.41, 5.74) is 3.30. The molecule has 150 valence electrons. The van der Waals surface area contributed by atoms with Gasteiger partial charge in [-0.3, -0.25) is 4.79 Å². The van der Waals surface area contributed by atoms with Gasteiger partial charge in [0.15, 0.2) is 10.9 Å². The lowest BCUT2D eigenvalue weighted by atomic mass is 9.83. The second kappa shape index (κ2) is 8.93. The molecule has 3 aromatic rings. The first-order valence-electron chi connectivity index (χ1n) is 9.74. The molecule has 0 spiro atoms. The molecule has 0 saturated carbocycles. The summed E-state index contributed by atoms with van der Waals surface area (Å²) in [6.45, 7) is 4.57. The van der Waals surface area contributed by atoms with Gasteiger partial charge < -0.3 is 15.4 Å². The number of carbonyl (C=O) groups is 1. The summed E-state index contributed by atoms with van der Waals surface area (Å²) >= 11 is 5.32. The first-order chi connectivity index (χ1) is 14.6. The molecule has 1 aliphatic rings. The second-order valence-electron chi connectivity index (χ2n) is 7.15. The number of ether oxygens (including phenoxy) is 1. The van der Waals surface area contributed by atoms with E-state index in [1.54, 1.807) is 0 Å². The quantitative estimate of drug-likeness (QED) is 0.448. The smallest absolute Gasteiger partial charge is 0.174 e. The molecule has 0 radical (unpaired) electrons. The predicted octanol–water partition coefficient (Wildman–Crippen LogP) is 4.80. The van der Waals surface area contributed by atoms with Gasteiger partial charge in [-0.1, -0.05) is 79.4 Å². The van der Waals surface area contributed by atoms with E-state index in [2.05, 4.69) is 17.2 Å². The highest BCUT2D eigenvalue weighted by Gasteiger charge is 2.36. The Morgan fingerprint density at radius 3 is 2.23 bits per heavy atom. The van der Waals surface area contributed by atoms with Crippen LogP contribution in [0.25, 0.3) is 0 Å². The van der Waals surface area contributed by atoms with E-state index in [1.165, 1.54) is 0 Å². The van der Waals surface area contributed by atoms with Crippen molar-refractivity contribution in [3.05, 3.63) is 114 Å².